The molecule has 3 nitrogen and oxygen atoms in total. The van der Waals surface area contributed by atoms with Crippen LogP contribution in [0.4, 0.5) is 4.39 Å². The zero-order valence-corrected chi connectivity index (χ0v) is 13.1. The van der Waals surface area contributed by atoms with Crippen molar-refractivity contribution in [3.63, 3.8) is 0 Å². The summed E-state index contributed by atoms with van der Waals surface area (Å²) in [4.78, 5) is 6.41. The van der Waals surface area contributed by atoms with Crippen molar-refractivity contribution >= 4 is 11.8 Å². The highest BCUT2D eigenvalue weighted by Crippen LogP contribution is 2.27. The van der Waals surface area contributed by atoms with Crippen molar-refractivity contribution in [3.8, 4) is 0 Å². The molecule has 2 heterocycles. The van der Waals surface area contributed by atoms with Crippen molar-refractivity contribution in [3.05, 3.63) is 29.8 Å². The van der Waals surface area contributed by atoms with Gasteiger partial charge in [0, 0.05) is 36.1 Å². The molecule has 1 fully saturated rings. The largest absolute Gasteiger partial charge is 0.386 e. The van der Waals surface area contributed by atoms with E-state index in [0.29, 0.717) is 17.0 Å². The van der Waals surface area contributed by atoms with E-state index in [2.05, 4.69) is 23.7 Å². The Morgan fingerprint density at radius 3 is 2.90 bits per heavy atom. The SMILES string of the molecule is CC(CN1CCSC(C)C1C)C(O)c1ccc(F)cn1. The van der Waals surface area contributed by atoms with Gasteiger partial charge in [-0.05, 0) is 19.1 Å². The summed E-state index contributed by atoms with van der Waals surface area (Å²) in [5, 5.41) is 11.0. The molecule has 112 valence electrons. The molecule has 0 aromatic carbocycles. The van der Waals surface area contributed by atoms with Crippen LogP contribution in [-0.2, 0) is 0 Å². The van der Waals surface area contributed by atoms with E-state index in [1.807, 2.05) is 18.7 Å². The number of thioether (sulfide) groups is 1. The molecule has 0 amide bonds. The Morgan fingerprint density at radius 2 is 2.25 bits per heavy atom. The fraction of sp³-hybridized carbons (Fsp3) is 0.667. The Labute approximate surface area is 124 Å². The summed E-state index contributed by atoms with van der Waals surface area (Å²) in [5.74, 6) is 0.846. The number of hydrogen-bond acceptors (Lipinski definition) is 4. The van der Waals surface area contributed by atoms with Crippen LogP contribution in [-0.4, -0.2) is 45.1 Å². The number of aliphatic hydroxyl groups excluding tert-OH is 1. The fourth-order valence-electron chi connectivity index (χ4n) is 2.58. The monoisotopic (exact) mass is 298 g/mol. The van der Waals surface area contributed by atoms with Crippen molar-refractivity contribution in [2.75, 3.05) is 18.8 Å². The van der Waals surface area contributed by atoms with Gasteiger partial charge in [-0.15, -0.1) is 0 Å². The first-order valence-electron chi connectivity index (χ1n) is 7.14. The molecule has 20 heavy (non-hydrogen) atoms. The van der Waals surface area contributed by atoms with E-state index in [9.17, 15) is 9.50 Å². The van der Waals surface area contributed by atoms with Crippen LogP contribution in [0.15, 0.2) is 18.3 Å². The maximum absolute atomic E-state index is 12.9. The lowest BCUT2D eigenvalue weighted by atomic mass is 9.99. The van der Waals surface area contributed by atoms with E-state index < -0.39 is 6.10 Å². The highest BCUT2D eigenvalue weighted by molar-refractivity contribution is 8.00. The van der Waals surface area contributed by atoms with Gasteiger partial charge in [-0.1, -0.05) is 13.8 Å². The molecule has 1 aliphatic rings. The van der Waals surface area contributed by atoms with Gasteiger partial charge in [-0.3, -0.25) is 9.88 Å². The highest BCUT2D eigenvalue weighted by atomic mass is 32.2. The third-order valence-corrected chi connectivity index (χ3v) is 5.47. The molecule has 1 aromatic heterocycles. The predicted octanol–water partition coefficient (Wildman–Crippen LogP) is 2.72. The summed E-state index contributed by atoms with van der Waals surface area (Å²) >= 11 is 2.01. The summed E-state index contributed by atoms with van der Waals surface area (Å²) in [6, 6.07) is 3.43. The van der Waals surface area contributed by atoms with Gasteiger partial charge in [-0.2, -0.15) is 11.8 Å². The highest BCUT2D eigenvalue weighted by Gasteiger charge is 2.28. The molecule has 0 saturated carbocycles. The number of rotatable bonds is 4. The molecule has 1 aliphatic heterocycles. The van der Waals surface area contributed by atoms with Crippen molar-refractivity contribution in [2.24, 2.45) is 5.92 Å². The quantitative estimate of drug-likeness (QED) is 0.927. The van der Waals surface area contributed by atoms with Crippen LogP contribution in [0.5, 0.6) is 0 Å². The van der Waals surface area contributed by atoms with Gasteiger partial charge < -0.3 is 5.11 Å². The number of aromatic nitrogens is 1. The first-order valence-corrected chi connectivity index (χ1v) is 8.19. The lowest BCUT2D eigenvalue weighted by molar-refractivity contribution is 0.0739. The summed E-state index contributed by atoms with van der Waals surface area (Å²) in [5.41, 5.74) is 0.547. The minimum atomic E-state index is -0.646. The number of hydrogen-bond donors (Lipinski definition) is 1. The molecule has 4 atom stereocenters. The summed E-state index contributed by atoms with van der Waals surface area (Å²) < 4.78 is 12.9. The van der Waals surface area contributed by atoms with E-state index in [1.54, 1.807) is 6.07 Å². The normalized spacial score (nSPS) is 27.2. The van der Waals surface area contributed by atoms with E-state index in [0.717, 1.165) is 25.0 Å². The smallest absolute Gasteiger partial charge is 0.141 e. The molecule has 0 bridgehead atoms. The van der Waals surface area contributed by atoms with Crippen LogP contribution in [0, 0.1) is 11.7 Å². The van der Waals surface area contributed by atoms with Gasteiger partial charge in [0.15, 0.2) is 0 Å². The topological polar surface area (TPSA) is 36.4 Å². The third kappa shape index (κ3) is 3.71. The molecule has 1 aromatic rings. The molecule has 0 radical (unpaired) electrons. The van der Waals surface area contributed by atoms with Crippen LogP contribution < -0.4 is 0 Å². The lowest BCUT2D eigenvalue weighted by Crippen LogP contribution is -2.47. The standard InChI is InChI=1S/C15H23FN2OS/c1-10(9-18-6-7-20-12(3)11(18)2)15(19)14-5-4-13(16)8-17-14/h4-5,8,10-12,15,19H,6-7,9H2,1-3H3. The number of halogens is 1. The molecule has 0 spiro atoms. The second kappa shape index (κ2) is 6.87. The number of nitrogens with zero attached hydrogens (tertiary/aromatic N) is 2. The third-order valence-electron chi connectivity index (χ3n) is 4.13. The molecule has 5 heteroatoms. The van der Waals surface area contributed by atoms with Gasteiger partial charge in [0.2, 0.25) is 0 Å². The van der Waals surface area contributed by atoms with Gasteiger partial charge in [0.05, 0.1) is 18.0 Å². The van der Waals surface area contributed by atoms with Gasteiger partial charge >= 0.3 is 0 Å². The summed E-state index contributed by atoms with van der Waals surface area (Å²) in [6.07, 6.45) is 0.515. The van der Waals surface area contributed by atoms with Crippen molar-refractivity contribution < 1.29 is 9.50 Å². The minimum Gasteiger partial charge on any atom is -0.386 e. The number of pyridine rings is 1. The van der Waals surface area contributed by atoms with Crippen molar-refractivity contribution in [1.82, 2.24) is 9.88 Å². The second-order valence-corrected chi connectivity index (χ2v) is 7.12. The van der Waals surface area contributed by atoms with Crippen LogP contribution in [0.25, 0.3) is 0 Å². The summed E-state index contributed by atoms with van der Waals surface area (Å²) in [6.45, 7) is 8.42. The molecule has 1 N–H and O–H groups in total. The molecular formula is C15H23FN2OS. The molecule has 1 saturated heterocycles. The van der Waals surface area contributed by atoms with E-state index in [1.165, 1.54) is 6.07 Å². The van der Waals surface area contributed by atoms with Crippen molar-refractivity contribution in [2.45, 2.75) is 38.2 Å². The zero-order chi connectivity index (χ0) is 14.7. The summed E-state index contributed by atoms with van der Waals surface area (Å²) in [7, 11) is 0. The second-order valence-electron chi connectivity index (χ2n) is 5.63. The molecule has 0 aliphatic carbocycles. The average molecular weight is 298 g/mol. The number of aliphatic hydroxyl groups is 1. The van der Waals surface area contributed by atoms with Crippen molar-refractivity contribution in [1.29, 1.82) is 0 Å². The lowest BCUT2D eigenvalue weighted by Gasteiger charge is -2.39. The average Bonchev–Trinajstić information content (AvgIpc) is 2.44. The van der Waals surface area contributed by atoms with E-state index in [4.69, 9.17) is 0 Å². The first kappa shape index (κ1) is 15.7. The Balaban J connectivity index is 1.96. The Bertz CT molecular complexity index is 428. The van der Waals surface area contributed by atoms with Crippen LogP contribution in [0.3, 0.4) is 0 Å². The van der Waals surface area contributed by atoms with Gasteiger partial charge in [-0.25, -0.2) is 4.39 Å². The van der Waals surface area contributed by atoms with Crippen LogP contribution in [0.1, 0.15) is 32.6 Å². The minimum absolute atomic E-state index is 0.0747. The van der Waals surface area contributed by atoms with Gasteiger partial charge in [0.25, 0.3) is 0 Å². The Kier molecular flexibility index (Phi) is 5.41. The Hall–Kier alpha value is -0.650. The predicted molar refractivity (Wildman–Crippen MR) is 81.3 cm³/mol. The van der Waals surface area contributed by atoms with Gasteiger partial charge in [0.1, 0.15) is 5.82 Å². The van der Waals surface area contributed by atoms with Crippen LogP contribution in [0.2, 0.25) is 0 Å². The van der Waals surface area contributed by atoms with Crippen LogP contribution >= 0.6 is 11.8 Å². The Morgan fingerprint density at radius 1 is 1.50 bits per heavy atom. The maximum Gasteiger partial charge on any atom is 0.141 e. The molecule has 2 rings (SSSR count). The zero-order valence-electron chi connectivity index (χ0n) is 12.3. The fourth-order valence-corrected chi connectivity index (χ4v) is 3.74. The first-order chi connectivity index (χ1) is 9.49. The van der Waals surface area contributed by atoms with E-state index >= 15 is 0 Å². The molecular weight excluding hydrogens is 275 g/mol. The van der Waals surface area contributed by atoms with E-state index in [-0.39, 0.29) is 11.7 Å². The maximum atomic E-state index is 12.9. The molecule has 4 unspecified atom stereocenters.